The van der Waals surface area contributed by atoms with E-state index in [2.05, 4.69) is 4.74 Å². The average Bonchev–Trinajstić information content (AvgIpc) is 3.24. The first-order valence-corrected chi connectivity index (χ1v) is 26.3. The molecule has 4 aliphatic rings. The monoisotopic (exact) mass is 1020 g/mol. The van der Waals surface area contributed by atoms with Crippen LogP contribution in [0.5, 0.6) is 17.2 Å². The Labute approximate surface area is 370 Å². The molecule has 0 saturated carbocycles. The van der Waals surface area contributed by atoms with Crippen LogP contribution in [0.15, 0.2) is 48.5 Å². The van der Waals surface area contributed by atoms with Gasteiger partial charge in [0.1, 0.15) is 49.1 Å². The van der Waals surface area contributed by atoms with E-state index in [0.29, 0.717) is 0 Å². The van der Waals surface area contributed by atoms with Crippen molar-refractivity contribution >= 4 is 51.5 Å². The highest BCUT2D eigenvalue weighted by Crippen LogP contribution is 2.38. The number of amides is 2. The zero-order chi connectivity index (χ0) is 48.3. The molecule has 4 N–H and O–H groups in total. The van der Waals surface area contributed by atoms with Crippen LogP contribution in [-0.4, -0.2) is 142 Å². The molecule has 4 aliphatic heterocycles. The molecular weight excluding hydrogens is 971 g/mol. The fraction of sp³-hybridized carbons (Fsp3) is 0.611. The Hall–Kier alpha value is -4.00. The van der Waals surface area contributed by atoms with Crippen molar-refractivity contribution in [2.45, 2.75) is 85.6 Å². The van der Waals surface area contributed by atoms with Gasteiger partial charge in [-0.3, -0.25) is 20.0 Å². The smallest absolute Gasteiger partial charge is 0.490 e. The molecule has 2 aromatic rings. The van der Waals surface area contributed by atoms with Crippen molar-refractivity contribution in [1.29, 1.82) is 0 Å². The summed E-state index contributed by atoms with van der Waals surface area (Å²) in [7, 11) is -15.6. The first kappa shape index (κ1) is 52.0. The predicted octanol–water partition coefficient (Wildman–Crippen LogP) is 2.54. The van der Waals surface area contributed by atoms with Crippen molar-refractivity contribution in [3.8, 4) is 17.2 Å². The van der Waals surface area contributed by atoms with Gasteiger partial charge < -0.3 is 14.2 Å². The Morgan fingerprint density at radius 3 is 1.18 bits per heavy atom. The Morgan fingerprint density at radius 1 is 0.585 bits per heavy atom. The molecule has 0 bridgehead atoms. The fourth-order valence-corrected chi connectivity index (χ4v) is 15.8. The number of sulfonamides is 2. The lowest BCUT2D eigenvalue weighted by Crippen LogP contribution is -2.61. The SMILES string of the molecule is O=C(NO)C1(S(=O)(=O)N2CCC(Oc3ccc(C(F)(F)F)cc3)CC2)CCS(=O)(=O)CC1.O=C(NO)C1(S(=O)(=O)N2CCC(Oc3ccc(OC(F)(F)F)cc3)CC2)CCS(=O)(=O)CC1. The summed E-state index contributed by atoms with van der Waals surface area (Å²) < 4.78 is 188. The van der Waals surface area contributed by atoms with Crippen LogP contribution in [-0.2, 0) is 55.5 Å². The Morgan fingerprint density at radius 2 is 0.892 bits per heavy atom. The van der Waals surface area contributed by atoms with Crippen LogP contribution in [0, 0.1) is 0 Å². The summed E-state index contributed by atoms with van der Waals surface area (Å²) in [4.78, 5) is 24.7. The topological polar surface area (TPSA) is 269 Å². The summed E-state index contributed by atoms with van der Waals surface area (Å²) >= 11 is 0. The number of hydrogen-bond donors (Lipinski definition) is 4. The number of carbonyl (C=O) groups is 2. The lowest BCUT2D eigenvalue weighted by atomic mass is 10.0. The van der Waals surface area contributed by atoms with Crippen LogP contribution in [0.1, 0.15) is 56.9 Å². The van der Waals surface area contributed by atoms with Gasteiger partial charge in [-0.05, 0) is 99.9 Å². The predicted molar refractivity (Wildman–Crippen MR) is 214 cm³/mol. The number of hydrogen-bond acceptors (Lipinski definition) is 15. The van der Waals surface area contributed by atoms with Crippen molar-refractivity contribution in [2.75, 3.05) is 49.2 Å². The lowest BCUT2D eigenvalue weighted by Gasteiger charge is -2.40. The zero-order valence-corrected chi connectivity index (χ0v) is 37.4. The summed E-state index contributed by atoms with van der Waals surface area (Å²) in [6.45, 7) is -0.0906. The van der Waals surface area contributed by atoms with Gasteiger partial charge in [0.25, 0.3) is 11.8 Å². The van der Waals surface area contributed by atoms with E-state index >= 15 is 0 Å². The summed E-state index contributed by atoms with van der Waals surface area (Å²) in [5, 5.41) is 18.2. The summed E-state index contributed by atoms with van der Waals surface area (Å²) in [6, 6.07) is 8.95. The molecule has 4 saturated heterocycles. The first-order chi connectivity index (χ1) is 30.1. The number of sulfone groups is 2. The molecule has 65 heavy (non-hydrogen) atoms. The van der Waals surface area contributed by atoms with Crippen molar-refractivity contribution in [3.05, 3.63) is 54.1 Å². The molecule has 6 rings (SSSR count). The maximum atomic E-state index is 13.3. The molecule has 2 aromatic carbocycles. The third-order valence-corrected chi connectivity index (χ3v) is 20.2. The van der Waals surface area contributed by atoms with Gasteiger partial charge in [-0.1, -0.05) is 0 Å². The number of nitrogens with one attached hydrogen (secondary N) is 2. The highest BCUT2D eigenvalue weighted by atomic mass is 32.2. The second kappa shape index (κ2) is 19.7. The minimum atomic E-state index is -4.81. The van der Waals surface area contributed by atoms with E-state index in [-0.39, 0.29) is 63.4 Å². The highest BCUT2D eigenvalue weighted by molar-refractivity contribution is 7.93. The van der Waals surface area contributed by atoms with E-state index in [1.165, 1.54) is 35.2 Å². The molecule has 0 unspecified atom stereocenters. The quantitative estimate of drug-likeness (QED) is 0.143. The van der Waals surface area contributed by atoms with Gasteiger partial charge in [0.15, 0.2) is 9.49 Å². The van der Waals surface area contributed by atoms with Gasteiger partial charge in [-0.25, -0.2) is 53.2 Å². The molecule has 366 valence electrons. The van der Waals surface area contributed by atoms with Crippen molar-refractivity contribution in [1.82, 2.24) is 19.6 Å². The van der Waals surface area contributed by atoms with Crippen LogP contribution in [0.4, 0.5) is 26.3 Å². The molecule has 0 aliphatic carbocycles. The fourth-order valence-electron chi connectivity index (χ4n) is 7.85. The number of hydroxylamine groups is 2. The second-order valence-electron chi connectivity index (χ2n) is 15.7. The summed E-state index contributed by atoms with van der Waals surface area (Å²) in [5.74, 6) is -4.22. The minimum absolute atomic E-state index is 0.0184. The zero-order valence-electron chi connectivity index (χ0n) is 34.1. The number of carbonyl (C=O) groups excluding carboxylic acids is 2. The van der Waals surface area contributed by atoms with Crippen molar-refractivity contribution in [2.24, 2.45) is 0 Å². The third-order valence-electron chi connectivity index (χ3n) is 11.6. The van der Waals surface area contributed by atoms with Gasteiger partial charge in [-0.15, -0.1) is 13.2 Å². The Balaban J connectivity index is 0.000000244. The summed E-state index contributed by atoms with van der Waals surface area (Å²) in [6.07, 6.45) is -11.1. The number of rotatable bonds is 11. The van der Waals surface area contributed by atoms with Crippen LogP contribution >= 0.6 is 0 Å². The van der Waals surface area contributed by atoms with Gasteiger partial charge in [-0.2, -0.15) is 13.2 Å². The molecule has 0 spiro atoms. The molecular formula is C36H46F6N4O15S4. The van der Waals surface area contributed by atoms with Crippen LogP contribution in [0.2, 0.25) is 0 Å². The molecule has 4 fully saturated rings. The van der Waals surface area contributed by atoms with E-state index in [0.717, 1.165) is 32.9 Å². The van der Waals surface area contributed by atoms with Crippen LogP contribution in [0.25, 0.3) is 0 Å². The first-order valence-electron chi connectivity index (χ1n) is 19.7. The number of piperidine rings is 2. The molecule has 0 radical (unpaired) electrons. The van der Waals surface area contributed by atoms with Crippen molar-refractivity contribution in [3.63, 3.8) is 0 Å². The number of nitrogens with zero attached hydrogens (tertiary/aromatic N) is 2. The molecule has 0 atom stereocenters. The maximum absolute atomic E-state index is 13.3. The normalized spacial score (nSPS) is 22.0. The summed E-state index contributed by atoms with van der Waals surface area (Å²) in [5.41, 5.74) is 1.91. The molecule has 19 nitrogen and oxygen atoms in total. The molecule has 0 aromatic heterocycles. The molecule has 29 heteroatoms. The number of halogens is 6. The number of alkyl halides is 6. The number of benzene rings is 2. The minimum Gasteiger partial charge on any atom is -0.490 e. The third kappa shape index (κ3) is 12.1. The van der Waals surface area contributed by atoms with Gasteiger partial charge in [0.2, 0.25) is 20.0 Å². The maximum Gasteiger partial charge on any atom is 0.573 e. The Bertz CT molecular complexity index is 2430. The van der Waals surface area contributed by atoms with Gasteiger partial charge in [0.05, 0.1) is 28.6 Å². The van der Waals surface area contributed by atoms with Crippen molar-refractivity contribution < 1.29 is 94.2 Å². The van der Waals surface area contributed by atoms with E-state index in [1.807, 2.05) is 0 Å². The molecule has 4 heterocycles. The second-order valence-corrected chi connectivity index (χ2v) is 24.8. The Kier molecular flexibility index (Phi) is 15.7. The van der Waals surface area contributed by atoms with E-state index < -0.39 is 146 Å². The van der Waals surface area contributed by atoms with E-state index in [9.17, 15) is 69.6 Å². The largest absolute Gasteiger partial charge is 0.573 e. The van der Waals surface area contributed by atoms with Gasteiger partial charge >= 0.3 is 12.5 Å². The number of ether oxygens (including phenoxy) is 3. The standard InChI is InChI=1S/C18H23F3N2O8S2.C18H23F3N2O7S2/c19-18(20,21)31-15-3-1-13(2-4-15)30-14-5-9-23(10-6-14)33(28,29)17(16(24)22-25)7-11-32(26,27)12-8-17;19-18(20,21)13-1-3-14(4-2-13)30-15-5-9-23(10-6-15)32(28,29)17(16(24)22-25)7-11-31(26,27)12-8-17/h1-4,14,25H,5-12H2,(H,22,24);1-4,15,25H,5-12H2,(H,22,24). The highest BCUT2D eigenvalue weighted by Gasteiger charge is 2.57. The van der Waals surface area contributed by atoms with E-state index in [1.54, 1.807) is 0 Å². The lowest BCUT2D eigenvalue weighted by molar-refractivity contribution is -0.274. The molecule has 2 amide bonds. The average molecular weight is 1020 g/mol. The van der Waals surface area contributed by atoms with Crippen LogP contribution in [0.3, 0.4) is 0 Å². The van der Waals surface area contributed by atoms with Crippen LogP contribution < -0.4 is 25.2 Å². The van der Waals surface area contributed by atoms with E-state index in [4.69, 9.17) is 19.9 Å². The van der Waals surface area contributed by atoms with Gasteiger partial charge in [0, 0.05) is 26.2 Å².